The van der Waals surface area contributed by atoms with Crippen LogP contribution in [0.5, 0.6) is 11.5 Å². The normalized spacial score (nSPS) is 9.63. The van der Waals surface area contributed by atoms with Crippen molar-refractivity contribution in [1.29, 1.82) is 0 Å². The first-order chi connectivity index (χ1) is 8.81. The van der Waals surface area contributed by atoms with Crippen molar-refractivity contribution in [2.45, 2.75) is 0 Å². The molecule has 0 aromatic heterocycles. The molecule has 7 heteroatoms. The monoisotopic (exact) mass is 320 g/mol. The summed E-state index contributed by atoms with van der Waals surface area (Å²) in [6.07, 6.45) is 0. The number of rotatable bonds is 0. The van der Waals surface area contributed by atoms with Crippen molar-refractivity contribution < 1.29 is 10.2 Å². The fourth-order valence-electron chi connectivity index (χ4n) is 1.11. The molecule has 6 N–H and O–H groups in total. The van der Waals surface area contributed by atoms with Crippen LogP contribution in [0.1, 0.15) is 0 Å². The minimum atomic E-state index is -0.127. The molecule has 2 aromatic rings. The number of anilines is 2. The molecule has 0 aliphatic heterocycles. The highest BCUT2D eigenvalue weighted by Crippen LogP contribution is 2.33. The van der Waals surface area contributed by atoms with Crippen molar-refractivity contribution in [2.75, 3.05) is 11.5 Å². The van der Waals surface area contributed by atoms with Crippen molar-refractivity contribution in [3.05, 3.63) is 45.4 Å². The van der Waals surface area contributed by atoms with Crippen LogP contribution in [-0.2, 0) is 0 Å². The molecule has 0 atom stereocenters. The fourth-order valence-corrected chi connectivity index (χ4v) is 1.80. The predicted octanol–water partition coefficient (Wildman–Crippen LogP) is 3.91. The Bertz CT molecular complexity index is 568. The number of aromatic hydroxyl groups is 2. The number of phenolic OH excluding ortho intramolecular Hbond substituents is 2. The van der Waals surface area contributed by atoms with Crippen LogP contribution < -0.4 is 11.5 Å². The van der Waals surface area contributed by atoms with Crippen molar-refractivity contribution in [3.8, 4) is 11.5 Å². The van der Waals surface area contributed by atoms with Crippen LogP contribution in [0.3, 0.4) is 0 Å². The van der Waals surface area contributed by atoms with E-state index in [0.29, 0.717) is 11.4 Å². The lowest BCUT2D eigenvalue weighted by molar-refractivity contribution is 0.475. The highest BCUT2D eigenvalue weighted by Gasteiger charge is 2.03. The topological polar surface area (TPSA) is 92.5 Å². The molecule has 0 amide bonds. The maximum absolute atomic E-state index is 9.01. The third-order valence-corrected chi connectivity index (χ3v) is 2.89. The maximum atomic E-state index is 9.01. The van der Waals surface area contributed by atoms with E-state index in [1.807, 2.05) is 0 Å². The lowest BCUT2D eigenvalue weighted by Crippen LogP contribution is -1.83. The summed E-state index contributed by atoms with van der Waals surface area (Å²) in [5.41, 5.74) is 11.7. The van der Waals surface area contributed by atoms with E-state index < -0.39 is 0 Å². The third kappa shape index (κ3) is 4.59. The predicted molar refractivity (Wildman–Crippen MR) is 80.1 cm³/mol. The molecule has 0 saturated carbocycles. The van der Waals surface area contributed by atoms with Gasteiger partial charge in [-0.3, -0.25) is 0 Å². The second kappa shape index (κ2) is 6.61. The first-order valence-electron chi connectivity index (χ1n) is 4.98. The third-order valence-electron chi connectivity index (χ3n) is 2.01. The standard InChI is InChI=1S/C6H5Cl2NO.C6H6ClNO/c7-4-1-3(9)2-5(8)6(4)10;7-5-3-4(8)1-2-6(5)9/h1-2,10H,9H2;1-3,9H,8H2. The van der Waals surface area contributed by atoms with Gasteiger partial charge in [0.2, 0.25) is 0 Å². The molecular formula is C12H11Cl3N2O2. The molecule has 2 aromatic carbocycles. The number of nitrogen functional groups attached to an aromatic ring is 2. The lowest BCUT2D eigenvalue weighted by atomic mass is 10.3. The maximum Gasteiger partial charge on any atom is 0.152 e. The highest BCUT2D eigenvalue weighted by molar-refractivity contribution is 6.37. The summed E-state index contributed by atoms with van der Waals surface area (Å²) in [6, 6.07) is 7.40. The Balaban J connectivity index is 0.000000191. The molecule has 0 radical (unpaired) electrons. The zero-order valence-electron chi connectivity index (χ0n) is 9.57. The van der Waals surface area contributed by atoms with Gasteiger partial charge in [0.05, 0.1) is 15.1 Å². The van der Waals surface area contributed by atoms with Crippen LogP contribution in [0.4, 0.5) is 11.4 Å². The van der Waals surface area contributed by atoms with Crippen molar-refractivity contribution in [1.82, 2.24) is 0 Å². The van der Waals surface area contributed by atoms with Crippen LogP contribution in [0.15, 0.2) is 30.3 Å². The van der Waals surface area contributed by atoms with Crippen LogP contribution in [0.2, 0.25) is 15.1 Å². The van der Waals surface area contributed by atoms with Crippen LogP contribution in [-0.4, -0.2) is 10.2 Å². The molecule has 102 valence electrons. The average molecular weight is 322 g/mol. The molecule has 0 aliphatic carbocycles. The van der Waals surface area contributed by atoms with Gasteiger partial charge in [-0.1, -0.05) is 34.8 Å². The Hall–Kier alpha value is -1.49. The summed E-state index contributed by atoms with van der Waals surface area (Å²) >= 11 is 16.5. The molecule has 2 rings (SSSR count). The summed E-state index contributed by atoms with van der Waals surface area (Å²) < 4.78 is 0. The molecular weight excluding hydrogens is 311 g/mol. The molecule has 0 aliphatic rings. The number of hydrogen-bond acceptors (Lipinski definition) is 4. The van der Waals surface area contributed by atoms with Crippen molar-refractivity contribution in [2.24, 2.45) is 0 Å². The van der Waals surface area contributed by atoms with Gasteiger partial charge in [-0.25, -0.2) is 0 Å². The van der Waals surface area contributed by atoms with Gasteiger partial charge in [0.25, 0.3) is 0 Å². The minimum Gasteiger partial charge on any atom is -0.506 e. The summed E-state index contributed by atoms with van der Waals surface area (Å²) in [5.74, 6) is -0.0663. The molecule has 4 nitrogen and oxygen atoms in total. The molecule has 0 fully saturated rings. The van der Waals surface area contributed by atoms with E-state index >= 15 is 0 Å². The molecule has 0 spiro atoms. The van der Waals surface area contributed by atoms with E-state index in [1.165, 1.54) is 24.3 Å². The first kappa shape index (κ1) is 15.6. The van der Waals surface area contributed by atoms with Gasteiger partial charge in [-0.2, -0.15) is 0 Å². The zero-order valence-corrected chi connectivity index (χ0v) is 11.8. The molecule has 0 saturated heterocycles. The van der Waals surface area contributed by atoms with Crippen LogP contribution in [0, 0.1) is 0 Å². The van der Waals surface area contributed by atoms with E-state index in [1.54, 1.807) is 6.07 Å². The van der Waals surface area contributed by atoms with Gasteiger partial charge in [0.1, 0.15) is 5.75 Å². The van der Waals surface area contributed by atoms with E-state index in [9.17, 15) is 0 Å². The van der Waals surface area contributed by atoms with Crippen LogP contribution in [0.25, 0.3) is 0 Å². The summed E-state index contributed by atoms with van der Waals surface area (Å²) in [7, 11) is 0. The summed E-state index contributed by atoms with van der Waals surface area (Å²) in [4.78, 5) is 0. The first-order valence-corrected chi connectivity index (χ1v) is 6.12. The van der Waals surface area contributed by atoms with Crippen molar-refractivity contribution >= 4 is 46.2 Å². The van der Waals surface area contributed by atoms with E-state index in [-0.39, 0.29) is 26.6 Å². The largest absolute Gasteiger partial charge is 0.506 e. The Morgan fingerprint density at radius 3 is 1.63 bits per heavy atom. The van der Waals surface area contributed by atoms with E-state index in [2.05, 4.69) is 0 Å². The van der Waals surface area contributed by atoms with Gasteiger partial charge in [0, 0.05) is 11.4 Å². The second-order valence-corrected chi connectivity index (χ2v) is 4.77. The minimum absolute atomic E-state index is 0.0610. The SMILES string of the molecule is Nc1cc(Cl)c(O)c(Cl)c1.Nc1ccc(O)c(Cl)c1. The average Bonchev–Trinajstić information content (AvgIpc) is 2.32. The van der Waals surface area contributed by atoms with Gasteiger partial charge in [-0.15, -0.1) is 0 Å². The van der Waals surface area contributed by atoms with E-state index in [0.717, 1.165) is 0 Å². The number of hydrogen-bond donors (Lipinski definition) is 4. The Morgan fingerprint density at radius 2 is 1.21 bits per heavy atom. The van der Waals surface area contributed by atoms with Gasteiger partial charge >= 0.3 is 0 Å². The fraction of sp³-hybridized carbons (Fsp3) is 0. The highest BCUT2D eigenvalue weighted by atomic mass is 35.5. The smallest absolute Gasteiger partial charge is 0.152 e. The molecule has 19 heavy (non-hydrogen) atoms. The van der Waals surface area contributed by atoms with Gasteiger partial charge in [-0.05, 0) is 30.3 Å². The summed E-state index contributed by atoms with van der Waals surface area (Å²) in [6.45, 7) is 0. The Morgan fingerprint density at radius 1 is 0.737 bits per heavy atom. The van der Waals surface area contributed by atoms with Gasteiger partial charge < -0.3 is 21.7 Å². The van der Waals surface area contributed by atoms with Crippen LogP contribution >= 0.6 is 34.8 Å². The number of benzene rings is 2. The quantitative estimate of drug-likeness (QED) is 0.437. The summed E-state index contributed by atoms with van der Waals surface area (Å²) in [5, 5.41) is 18.5. The van der Waals surface area contributed by atoms with Crippen molar-refractivity contribution in [3.63, 3.8) is 0 Å². The molecule has 0 bridgehead atoms. The molecule has 0 unspecified atom stereocenters. The zero-order chi connectivity index (χ0) is 14.6. The number of halogens is 3. The van der Waals surface area contributed by atoms with Gasteiger partial charge in [0.15, 0.2) is 5.75 Å². The number of nitrogens with two attached hydrogens (primary N) is 2. The lowest BCUT2D eigenvalue weighted by Gasteiger charge is -1.99. The second-order valence-electron chi connectivity index (χ2n) is 3.54. The Kier molecular flexibility index (Phi) is 5.42. The number of phenols is 2. The Labute approximate surface area is 125 Å². The van der Waals surface area contributed by atoms with E-state index in [4.69, 9.17) is 56.5 Å². The molecule has 0 heterocycles.